The van der Waals surface area contributed by atoms with E-state index < -0.39 is 0 Å². The summed E-state index contributed by atoms with van der Waals surface area (Å²) in [4.78, 5) is 24.3. The first-order chi connectivity index (χ1) is 9.36. The number of pyridine rings is 1. The molecule has 0 radical (unpaired) electrons. The lowest BCUT2D eigenvalue weighted by Crippen LogP contribution is -2.19. The maximum atomic E-state index is 12.2. The highest BCUT2D eigenvalue weighted by molar-refractivity contribution is 6.04. The fourth-order valence-electron chi connectivity index (χ4n) is 1.62. The van der Waals surface area contributed by atoms with E-state index in [1.807, 2.05) is 20.8 Å². The summed E-state index contributed by atoms with van der Waals surface area (Å²) in [5, 5.41) is 2.67. The summed E-state index contributed by atoms with van der Waals surface area (Å²) in [6.07, 6.45) is 4.53. The van der Waals surface area contributed by atoms with Crippen LogP contribution in [0.15, 0.2) is 30.7 Å². The number of nitrogen functional groups attached to an aromatic ring is 1. The summed E-state index contributed by atoms with van der Waals surface area (Å²) >= 11 is 0. The van der Waals surface area contributed by atoms with Crippen LogP contribution in [0.25, 0.3) is 0 Å². The highest BCUT2D eigenvalue weighted by Gasteiger charge is 2.19. The van der Waals surface area contributed by atoms with Crippen LogP contribution in [0.4, 0.5) is 11.6 Å². The molecule has 0 spiro atoms. The first kappa shape index (κ1) is 13.9. The standard InChI is InChI=1S/C14H17N5O/c1-14(2,3)10-6-9(7-11(15)18-10)13(20)19-12-8-16-4-5-17-12/h4-8H,1-3H3,(H2,15,18)(H,17,19,20). The minimum atomic E-state index is -0.287. The maximum Gasteiger partial charge on any atom is 0.257 e. The zero-order valence-electron chi connectivity index (χ0n) is 11.7. The second kappa shape index (κ2) is 5.24. The summed E-state index contributed by atoms with van der Waals surface area (Å²) in [5.74, 6) is 0.428. The fraction of sp³-hybridized carbons (Fsp3) is 0.286. The molecule has 6 heteroatoms. The second-order valence-corrected chi connectivity index (χ2v) is 5.46. The Morgan fingerprint density at radius 1 is 1.25 bits per heavy atom. The predicted molar refractivity (Wildman–Crippen MR) is 77.3 cm³/mol. The molecule has 0 aliphatic heterocycles. The number of nitrogens with two attached hydrogens (primary N) is 1. The summed E-state index contributed by atoms with van der Waals surface area (Å²) in [6, 6.07) is 3.28. The molecule has 20 heavy (non-hydrogen) atoms. The highest BCUT2D eigenvalue weighted by atomic mass is 16.1. The third-order valence-corrected chi connectivity index (χ3v) is 2.68. The van der Waals surface area contributed by atoms with E-state index in [-0.39, 0.29) is 11.3 Å². The Bertz CT molecular complexity index is 619. The van der Waals surface area contributed by atoms with E-state index in [9.17, 15) is 4.79 Å². The molecule has 0 bridgehead atoms. The lowest BCUT2D eigenvalue weighted by molar-refractivity contribution is 0.102. The normalized spacial score (nSPS) is 11.2. The van der Waals surface area contributed by atoms with Gasteiger partial charge in [-0.2, -0.15) is 0 Å². The molecule has 1 amide bonds. The Balaban J connectivity index is 2.29. The number of amides is 1. The van der Waals surface area contributed by atoms with Crippen molar-refractivity contribution in [3.8, 4) is 0 Å². The molecule has 0 saturated carbocycles. The number of nitrogens with zero attached hydrogens (tertiary/aromatic N) is 3. The molecule has 2 heterocycles. The number of nitrogens with one attached hydrogen (secondary N) is 1. The van der Waals surface area contributed by atoms with Gasteiger partial charge in [-0.25, -0.2) is 9.97 Å². The third-order valence-electron chi connectivity index (χ3n) is 2.68. The molecule has 0 unspecified atom stereocenters. The number of aromatic nitrogens is 3. The van der Waals surface area contributed by atoms with Gasteiger partial charge in [-0.3, -0.25) is 9.78 Å². The molecule has 0 saturated heterocycles. The van der Waals surface area contributed by atoms with Gasteiger partial charge in [0.15, 0.2) is 5.82 Å². The van der Waals surface area contributed by atoms with Crippen LogP contribution < -0.4 is 11.1 Å². The Morgan fingerprint density at radius 3 is 2.60 bits per heavy atom. The largest absolute Gasteiger partial charge is 0.384 e. The SMILES string of the molecule is CC(C)(C)c1cc(C(=O)Nc2cnccn2)cc(N)n1. The van der Waals surface area contributed by atoms with E-state index in [1.54, 1.807) is 12.1 Å². The number of anilines is 2. The molecule has 0 atom stereocenters. The van der Waals surface area contributed by atoms with Gasteiger partial charge in [-0.1, -0.05) is 20.8 Å². The summed E-state index contributed by atoms with van der Waals surface area (Å²) < 4.78 is 0. The lowest BCUT2D eigenvalue weighted by atomic mass is 9.90. The van der Waals surface area contributed by atoms with Crippen molar-refractivity contribution in [1.82, 2.24) is 15.0 Å². The summed E-state index contributed by atoms with van der Waals surface area (Å²) in [5.41, 5.74) is 6.80. The number of hydrogen-bond donors (Lipinski definition) is 2. The summed E-state index contributed by atoms with van der Waals surface area (Å²) in [6.45, 7) is 6.04. The molecule has 104 valence electrons. The molecule has 0 aliphatic carbocycles. The van der Waals surface area contributed by atoms with Gasteiger partial charge in [0, 0.05) is 29.1 Å². The minimum absolute atomic E-state index is 0.184. The van der Waals surface area contributed by atoms with Crippen molar-refractivity contribution in [2.75, 3.05) is 11.1 Å². The molecular weight excluding hydrogens is 254 g/mol. The van der Waals surface area contributed by atoms with Gasteiger partial charge in [-0.05, 0) is 12.1 Å². The van der Waals surface area contributed by atoms with Gasteiger partial charge in [0.2, 0.25) is 0 Å². The molecule has 2 aromatic heterocycles. The zero-order chi connectivity index (χ0) is 14.8. The van der Waals surface area contributed by atoms with E-state index in [1.165, 1.54) is 18.6 Å². The maximum absolute atomic E-state index is 12.2. The number of carbonyl (C=O) groups excluding carboxylic acids is 1. The van der Waals surface area contributed by atoms with Crippen LogP contribution in [0, 0.1) is 0 Å². The van der Waals surface area contributed by atoms with Crippen LogP contribution in [0.1, 0.15) is 36.8 Å². The first-order valence-electron chi connectivity index (χ1n) is 6.21. The van der Waals surface area contributed by atoms with Crippen LogP contribution in [-0.4, -0.2) is 20.9 Å². The molecule has 2 aromatic rings. The topological polar surface area (TPSA) is 93.8 Å². The van der Waals surface area contributed by atoms with E-state index in [4.69, 9.17) is 5.73 Å². The Labute approximate surface area is 117 Å². The smallest absolute Gasteiger partial charge is 0.257 e. The van der Waals surface area contributed by atoms with Gasteiger partial charge < -0.3 is 11.1 Å². The third kappa shape index (κ3) is 3.28. The molecule has 3 N–H and O–H groups in total. The summed E-state index contributed by atoms with van der Waals surface area (Å²) in [7, 11) is 0. The van der Waals surface area contributed by atoms with Crippen molar-refractivity contribution in [3.63, 3.8) is 0 Å². The monoisotopic (exact) mass is 271 g/mol. The van der Waals surface area contributed by atoms with Gasteiger partial charge in [0.1, 0.15) is 5.82 Å². The molecule has 0 aromatic carbocycles. The van der Waals surface area contributed by atoms with E-state index >= 15 is 0 Å². The van der Waals surface area contributed by atoms with Gasteiger partial charge in [-0.15, -0.1) is 0 Å². The Kier molecular flexibility index (Phi) is 3.65. The average Bonchev–Trinajstić information content (AvgIpc) is 2.38. The molecular formula is C14H17N5O. The molecule has 0 aliphatic rings. The van der Waals surface area contributed by atoms with Crippen molar-refractivity contribution in [3.05, 3.63) is 42.0 Å². The quantitative estimate of drug-likeness (QED) is 0.871. The van der Waals surface area contributed by atoms with E-state index in [0.29, 0.717) is 17.2 Å². The van der Waals surface area contributed by atoms with Crippen LogP contribution in [-0.2, 0) is 5.41 Å². The Morgan fingerprint density at radius 2 is 2.00 bits per heavy atom. The van der Waals surface area contributed by atoms with E-state index in [0.717, 1.165) is 5.69 Å². The molecule has 6 nitrogen and oxygen atoms in total. The number of rotatable bonds is 2. The second-order valence-electron chi connectivity index (χ2n) is 5.46. The average molecular weight is 271 g/mol. The Hall–Kier alpha value is -2.50. The lowest BCUT2D eigenvalue weighted by Gasteiger charge is -2.18. The van der Waals surface area contributed by atoms with Crippen LogP contribution in [0.2, 0.25) is 0 Å². The van der Waals surface area contributed by atoms with Crippen molar-refractivity contribution in [2.45, 2.75) is 26.2 Å². The highest BCUT2D eigenvalue weighted by Crippen LogP contribution is 2.22. The van der Waals surface area contributed by atoms with Crippen molar-refractivity contribution < 1.29 is 4.79 Å². The number of carbonyl (C=O) groups is 1. The van der Waals surface area contributed by atoms with Crippen LogP contribution in [0.3, 0.4) is 0 Å². The van der Waals surface area contributed by atoms with Crippen molar-refractivity contribution in [1.29, 1.82) is 0 Å². The van der Waals surface area contributed by atoms with Crippen molar-refractivity contribution in [2.24, 2.45) is 0 Å². The van der Waals surface area contributed by atoms with Crippen molar-refractivity contribution >= 4 is 17.5 Å². The van der Waals surface area contributed by atoms with Crippen LogP contribution >= 0.6 is 0 Å². The van der Waals surface area contributed by atoms with Gasteiger partial charge >= 0.3 is 0 Å². The number of hydrogen-bond acceptors (Lipinski definition) is 5. The fourth-order valence-corrected chi connectivity index (χ4v) is 1.62. The minimum Gasteiger partial charge on any atom is -0.384 e. The zero-order valence-corrected chi connectivity index (χ0v) is 11.7. The van der Waals surface area contributed by atoms with E-state index in [2.05, 4.69) is 20.3 Å². The van der Waals surface area contributed by atoms with Gasteiger partial charge in [0.05, 0.1) is 6.20 Å². The molecule has 2 rings (SSSR count). The van der Waals surface area contributed by atoms with Gasteiger partial charge in [0.25, 0.3) is 5.91 Å². The first-order valence-corrected chi connectivity index (χ1v) is 6.21. The predicted octanol–water partition coefficient (Wildman–Crippen LogP) is 2.00. The van der Waals surface area contributed by atoms with Crippen LogP contribution in [0.5, 0.6) is 0 Å². The molecule has 0 fully saturated rings.